The fourth-order valence-corrected chi connectivity index (χ4v) is 3.06. The predicted molar refractivity (Wildman–Crippen MR) is 129 cm³/mol. The summed E-state index contributed by atoms with van der Waals surface area (Å²) in [6.07, 6.45) is 4.52. The van der Waals surface area contributed by atoms with Gasteiger partial charge >= 0.3 is 0 Å². The number of para-hydroxylation sites is 2. The largest absolute Gasteiger partial charge is 0.493 e. The number of hydrazone groups is 2. The summed E-state index contributed by atoms with van der Waals surface area (Å²) in [6, 6.07) is 10.7. The van der Waals surface area contributed by atoms with Crippen molar-refractivity contribution in [2.45, 2.75) is 25.7 Å². The molecule has 0 radical (unpaired) electrons. The summed E-state index contributed by atoms with van der Waals surface area (Å²) < 4.78 is 21.1. The second kappa shape index (κ2) is 14.1. The number of nitrogens with zero attached hydrogens (tertiary/aromatic N) is 2. The quantitative estimate of drug-likeness (QED) is 0.264. The van der Waals surface area contributed by atoms with Crippen molar-refractivity contribution < 1.29 is 28.5 Å². The molecule has 2 aromatic carbocycles. The Morgan fingerprint density at radius 1 is 0.706 bits per heavy atom. The Morgan fingerprint density at radius 3 is 1.47 bits per heavy atom. The van der Waals surface area contributed by atoms with Gasteiger partial charge in [-0.1, -0.05) is 12.1 Å². The van der Waals surface area contributed by atoms with Crippen molar-refractivity contribution in [3.63, 3.8) is 0 Å². The third-order valence-corrected chi connectivity index (χ3v) is 4.71. The highest BCUT2D eigenvalue weighted by molar-refractivity contribution is 5.87. The van der Waals surface area contributed by atoms with Gasteiger partial charge in [-0.15, -0.1) is 0 Å². The van der Waals surface area contributed by atoms with E-state index in [-0.39, 0.29) is 24.7 Å². The lowest BCUT2D eigenvalue weighted by atomic mass is 10.2. The third kappa shape index (κ3) is 7.80. The summed E-state index contributed by atoms with van der Waals surface area (Å²) in [5, 5.41) is 7.91. The van der Waals surface area contributed by atoms with Crippen molar-refractivity contribution in [3.05, 3.63) is 47.5 Å². The van der Waals surface area contributed by atoms with Crippen LogP contribution in [0.5, 0.6) is 23.0 Å². The Balaban J connectivity index is 1.71. The molecule has 0 aliphatic rings. The number of hydrogen-bond acceptors (Lipinski definition) is 8. The minimum atomic E-state index is -0.248. The first-order valence-electron chi connectivity index (χ1n) is 10.6. The first-order valence-corrected chi connectivity index (χ1v) is 10.6. The maximum atomic E-state index is 12.0. The Bertz CT molecular complexity index is 941. The number of nitrogens with one attached hydrogen (secondary N) is 2. The molecule has 182 valence electrons. The van der Waals surface area contributed by atoms with Gasteiger partial charge in [-0.3, -0.25) is 9.59 Å². The molecule has 34 heavy (non-hydrogen) atoms. The topological polar surface area (TPSA) is 120 Å². The van der Waals surface area contributed by atoms with Gasteiger partial charge in [0.05, 0.1) is 40.9 Å². The average Bonchev–Trinajstić information content (AvgIpc) is 2.86. The number of amides is 2. The molecule has 0 heterocycles. The fourth-order valence-electron chi connectivity index (χ4n) is 3.06. The minimum absolute atomic E-state index is 0.240. The van der Waals surface area contributed by atoms with Crippen LogP contribution in [0.3, 0.4) is 0 Å². The number of carbonyl (C=O) groups is 2. The zero-order chi connectivity index (χ0) is 24.8. The summed E-state index contributed by atoms with van der Waals surface area (Å²) in [5.74, 6) is 1.71. The number of methoxy groups -OCH3 is 4. The second-order valence-electron chi connectivity index (χ2n) is 6.96. The lowest BCUT2D eigenvalue weighted by Crippen LogP contribution is -2.19. The number of rotatable bonds is 13. The smallest absolute Gasteiger partial charge is 0.240 e. The lowest BCUT2D eigenvalue weighted by Gasteiger charge is -2.09. The molecule has 0 aliphatic carbocycles. The molecule has 0 spiro atoms. The highest BCUT2D eigenvalue weighted by atomic mass is 16.5. The van der Waals surface area contributed by atoms with E-state index in [0.29, 0.717) is 47.0 Å². The highest BCUT2D eigenvalue weighted by Crippen LogP contribution is 2.30. The molecule has 0 bridgehead atoms. The number of hydrogen-bond donors (Lipinski definition) is 2. The molecule has 0 aromatic heterocycles. The third-order valence-electron chi connectivity index (χ3n) is 4.71. The van der Waals surface area contributed by atoms with E-state index in [1.54, 1.807) is 50.6 Å². The van der Waals surface area contributed by atoms with Crippen LogP contribution < -0.4 is 29.8 Å². The first kappa shape index (κ1) is 26.2. The average molecular weight is 471 g/mol. The molecular formula is C24H30N4O6. The summed E-state index contributed by atoms with van der Waals surface area (Å²) in [6.45, 7) is 0. The molecule has 2 N–H and O–H groups in total. The summed E-state index contributed by atoms with van der Waals surface area (Å²) in [5.41, 5.74) is 6.28. The number of benzene rings is 2. The Kier molecular flexibility index (Phi) is 10.9. The van der Waals surface area contributed by atoms with E-state index in [1.807, 2.05) is 0 Å². The van der Waals surface area contributed by atoms with Gasteiger partial charge in [0.25, 0.3) is 0 Å². The zero-order valence-corrected chi connectivity index (χ0v) is 19.8. The molecule has 0 fully saturated rings. The van der Waals surface area contributed by atoms with Crippen LogP contribution in [0.4, 0.5) is 0 Å². The minimum Gasteiger partial charge on any atom is -0.493 e. The standard InChI is InChI=1S/C24H30N4O6/c1-31-19-11-7-9-17(23(19)33-3)15-25-27-21(29)13-5-6-14-22(30)28-26-16-18-10-8-12-20(32-2)24(18)34-4/h7-12,15-16H,5-6,13-14H2,1-4H3,(H,27,29)(H,28,30)/b25-15+,26-16+. The molecular weight excluding hydrogens is 440 g/mol. The monoisotopic (exact) mass is 470 g/mol. The first-order chi connectivity index (χ1) is 16.5. The van der Waals surface area contributed by atoms with Crippen molar-refractivity contribution in [1.29, 1.82) is 0 Å². The van der Waals surface area contributed by atoms with Gasteiger partial charge in [-0.25, -0.2) is 10.9 Å². The molecule has 0 aliphatic heterocycles. The molecule has 2 amide bonds. The van der Waals surface area contributed by atoms with Crippen molar-refractivity contribution in [2.75, 3.05) is 28.4 Å². The van der Waals surface area contributed by atoms with Gasteiger partial charge in [-0.2, -0.15) is 10.2 Å². The SMILES string of the molecule is COc1cccc(/C=N/NC(=O)CCCCC(=O)N/N=C/c2cccc(OC)c2OC)c1OC. The van der Waals surface area contributed by atoms with Gasteiger partial charge in [0.1, 0.15) is 0 Å². The Labute approximate surface area is 198 Å². The molecule has 0 unspecified atom stereocenters. The molecule has 0 saturated carbocycles. The highest BCUT2D eigenvalue weighted by Gasteiger charge is 2.09. The summed E-state index contributed by atoms with van der Waals surface area (Å²) >= 11 is 0. The van der Waals surface area contributed by atoms with E-state index in [0.717, 1.165) is 0 Å². The predicted octanol–water partition coefficient (Wildman–Crippen LogP) is 2.88. The molecule has 2 rings (SSSR count). The lowest BCUT2D eigenvalue weighted by molar-refractivity contribution is -0.123. The van der Waals surface area contributed by atoms with Crippen LogP contribution in [0.2, 0.25) is 0 Å². The number of ether oxygens (including phenoxy) is 4. The van der Waals surface area contributed by atoms with Crippen molar-refractivity contribution in [2.24, 2.45) is 10.2 Å². The number of unbranched alkanes of at least 4 members (excludes halogenated alkanes) is 1. The summed E-state index contributed by atoms with van der Waals surface area (Å²) in [4.78, 5) is 23.9. The van der Waals surface area contributed by atoms with E-state index >= 15 is 0 Å². The maximum absolute atomic E-state index is 12.0. The van der Waals surface area contributed by atoms with Gasteiger partial charge in [0.15, 0.2) is 23.0 Å². The molecule has 0 saturated heterocycles. The maximum Gasteiger partial charge on any atom is 0.240 e. The van der Waals surface area contributed by atoms with Crippen LogP contribution >= 0.6 is 0 Å². The van der Waals surface area contributed by atoms with Crippen LogP contribution in [0.15, 0.2) is 46.6 Å². The molecule has 0 atom stereocenters. The normalized spacial score (nSPS) is 10.8. The second-order valence-corrected chi connectivity index (χ2v) is 6.96. The van der Waals surface area contributed by atoms with E-state index in [2.05, 4.69) is 21.1 Å². The van der Waals surface area contributed by atoms with E-state index < -0.39 is 0 Å². The van der Waals surface area contributed by atoms with Crippen LogP contribution in [0.1, 0.15) is 36.8 Å². The van der Waals surface area contributed by atoms with Gasteiger partial charge in [0, 0.05) is 24.0 Å². The molecule has 10 heteroatoms. The number of carbonyl (C=O) groups excluding carboxylic acids is 2. The van der Waals surface area contributed by atoms with Crippen molar-refractivity contribution in [1.82, 2.24) is 10.9 Å². The van der Waals surface area contributed by atoms with Crippen LogP contribution in [0.25, 0.3) is 0 Å². The van der Waals surface area contributed by atoms with E-state index in [4.69, 9.17) is 18.9 Å². The van der Waals surface area contributed by atoms with Crippen molar-refractivity contribution in [3.8, 4) is 23.0 Å². The van der Waals surface area contributed by atoms with Gasteiger partial charge < -0.3 is 18.9 Å². The van der Waals surface area contributed by atoms with Gasteiger partial charge in [0.2, 0.25) is 11.8 Å². The zero-order valence-electron chi connectivity index (χ0n) is 19.8. The summed E-state index contributed by atoms with van der Waals surface area (Å²) in [7, 11) is 6.16. The van der Waals surface area contributed by atoms with Crippen molar-refractivity contribution >= 4 is 24.2 Å². The van der Waals surface area contributed by atoms with E-state index in [1.165, 1.54) is 26.6 Å². The van der Waals surface area contributed by atoms with Crippen LogP contribution in [-0.2, 0) is 9.59 Å². The molecule has 2 aromatic rings. The van der Waals surface area contributed by atoms with Crippen LogP contribution in [0, 0.1) is 0 Å². The van der Waals surface area contributed by atoms with E-state index in [9.17, 15) is 9.59 Å². The van der Waals surface area contributed by atoms with Crippen LogP contribution in [-0.4, -0.2) is 52.7 Å². The Hall–Kier alpha value is -4.08. The molecule has 10 nitrogen and oxygen atoms in total. The fraction of sp³-hybridized carbons (Fsp3) is 0.333. The van der Waals surface area contributed by atoms with Gasteiger partial charge in [-0.05, 0) is 37.1 Å². The Morgan fingerprint density at radius 2 is 1.12 bits per heavy atom.